The van der Waals surface area contributed by atoms with Crippen molar-refractivity contribution in [1.82, 2.24) is 10.6 Å². The van der Waals surface area contributed by atoms with E-state index in [1.807, 2.05) is 6.07 Å². The van der Waals surface area contributed by atoms with E-state index in [1.165, 1.54) is 6.42 Å². The Morgan fingerprint density at radius 2 is 2.00 bits per heavy atom. The molecule has 0 aromatic heterocycles. The third-order valence-electron chi connectivity index (χ3n) is 3.57. The molecule has 0 fully saturated rings. The lowest BCUT2D eigenvalue weighted by atomic mass is 10.0. The lowest BCUT2D eigenvalue weighted by Crippen LogP contribution is -2.42. The molecule has 1 unspecified atom stereocenters. The van der Waals surface area contributed by atoms with Crippen LogP contribution in [-0.4, -0.2) is 30.8 Å². The zero-order valence-electron chi connectivity index (χ0n) is 15.0. The van der Waals surface area contributed by atoms with E-state index < -0.39 is 0 Å². The smallest absolute Gasteiger partial charge is 0.191 e. The third-order valence-corrected chi connectivity index (χ3v) is 3.57. The molecule has 0 aliphatic heterocycles. The summed E-state index contributed by atoms with van der Waals surface area (Å²) >= 11 is 0. The number of methoxy groups -OCH3 is 1. The second-order valence-corrected chi connectivity index (χ2v) is 6.22. The summed E-state index contributed by atoms with van der Waals surface area (Å²) in [5.41, 5.74) is 0.940. The number of ether oxygens (including phenoxy) is 1. The topological polar surface area (TPSA) is 65.9 Å². The summed E-state index contributed by atoms with van der Waals surface area (Å²) in [6.45, 7) is 10.0. The van der Waals surface area contributed by atoms with Crippen LogP contribution in [-0.2, 0) is 6.54 Å². The molecule has 3 N–H and O–H groups in total. The van der Waals surface area contributed by atoms with Crippen LogP contribution in [0.4, 0.5) is 0 Å². The molecule has 1 aromatic rings. The van der Waals surface area contributed by atoms with Crippen molar-refractivity contribution in [3.05, 3.63) is 23.8 Å². The summed E-state index contributed by atoms with van der Waals surface area (Å²) in [5.74, 6) is 2.13. The first-order valence-corrected chi connectivity index (χ1v) is 8.37. The lowest BCUT2D eigenvalue weighted by Gasteiger charge is -2.18. The molecule has 1 aromatic carbocycles. The summed E-state index contributed by atoms with van der Waals surface area (Å²) < 4.78 is 5.05. The van der Waals surface area contributed by atoms with Crippen LogP contribution in [0.3, 0.4) is 0 Å². The van der Waals surface area contributed by atoms with E-state index in [1.54, 1.807) is 19.2 Å². The zero-order valence-corrected chi connectivity index (χ0v) is 15.0. The van der Waals surface area contributed by atoms with Crippen molar-refractivity contribution in [1.29, 1.82) is 0 Å². The van der Waals surface area contributed by atoms with E-state index in [9.17, 15) is 5.11 Å². The first kappa shape index (κ1) is 19.1. The largest absolute Gasteiger partial charge is 0.504 e. The lowest BCUT2D eigenvalue weighted by molar-refractivity contribution is 0.373. The molecule has 5 nitrogen and oxygen atoms in total. The molecular weight excluding hydrogens is 290 g/mol. The van der Waals surface area contributed by atoms with E-state index in [0.717, 1.165) is 24.5 Å². The fourth-order valence-electron chi connectivity index (χ4n) is 2.21. The molecule has 0 aliphatic rings. The Kier molecular flexibility index (Phi) is 8.30. The number of aromatic hydroxyl groups is 1. The second-order valence-electron chi connectivity index (χ2n) is 6.22. The molecule has 130 valence electrons. The van der Waals surface area contributed by atoms with Crippen molar-refractivity contribution in [2.75, 3.05) is 13.7 Å². The number of phenolic OH excluding ortho intramolecular Hbond substituents is 1. The summed E-state index contributed by atoms with van der Waals surface area (Å²) in [4.78, 5) is 4.59. The maximum Gasteiger partial charge on any atom is 0.191 e. The Morgan fingerprint density at radius 1 is 1.26 bits per heavy atom. The highest BCUT2D eigenvalue weighted by molar-refractivity contribution is 5.80. The summed E-state index contributed by atoms with van der Waals surface area (Å²) in [5, 5.41) is 16.5. The number of aliphatic imine (C=N–C) groups is 1. The van der Waals surface area contributed by atoms with Gasteiger partial charge in [-0.25, -0.2) is 4.99 Å². The SMILES string of the molecule is CCNC(=NCc1ccc(OC)c(O)c1)NC(C)CCC(C)C. The molecule has 0 aliphatic carbocycles. The van der Waals surface area contributed by atoms with Gasteiger partial charge in [-0.2, -0.15) is 0 Å². The molecule has 1 atom stereocenters. The Hall–Kier alpha value is -1.91. The summed E-state index contributed by atoms with van der Waals surface area (Å²) in [7, 11) is 1.54. The highest BCUT2D eigenvalue weighted by Gasteiger charge is 2.07. The van der Waals surface area contributed by atoms with E-state index in [0.29, 0.717) is 24.3 Å². The van der Waals surface area contributed by atoms with E-state index in [4.69, 9.17) is 4.74 Å². The van der Waals surface area contributed by atoms with Crippen molar-refractivity contribution < 1.29 is 9.84 Å². The average molecular weight is 321 g/mol. The zero-order chi connectivity index (χ0) is 17.2. The number of guanidine groups is 1. The van der Waals surface area contributed by atoms with Crippen LogP contribution in [0.2, 0.25) is 0 Å². The van der Waals surface area contributed by atoms with Crippen LogP contribution >= 0.6 is 0 Å². The van der Waals surface area contributed by atoms with Gasteiger partial charge in [0.15, 0.2) is 17.5 Å². The van der Waals surface area contributed by atoms with Gasteiger partial charge in [0.2, 0.25) is 0 Å². The van der Waals surface area contributed by atoms with Crippen LogP contribution in [0.1, 0.15) is 46.1 Å². The van der Waals surface area contributed by atoms with Crippen molar-refractivity contribution >= 4 is 5.96 Å². The fraction of sp³-hybridized carbons (Fsp3) is 0.611. The van der Waals surface area contributed by atoms with E-state index in [2.05, 4.69) is 43.3 Å². The van der Waals surface area contributed by atoms with Gasteiger partial charge in [-0.1, -0.05) is 19.9 Å². The van der Waals surface area contributed by atoms with Gasteiger partial charge in [-0.15, -0.1) is 0 Å². The molecule has 1 rings (SSSR count). The molecule has 0 spiro atoms. The van der Waals surface area contributed by atoms with Crippen LogP contribution in [0.5, 0.6) is 11.5 Å². The highest BCUT2D eigenvalue weighted by atomic mass is 16.5. The van der Waals surface area contributed by atoms with Crippen LogP contribution in [0.15, 0.2) is 23.2 Å². The van der Waals surface area contributed by atoms with Crippen molar-refractivity contribution in [3.8, 4) is 11.5 Å². The molecule has 0 saturated carbocycles. The van der Waals surface area contributed by atoms with Gasteiger partial charge in [0.1, 0.15) is 0 Å². The maximum absolute atomic E-state index is 9.82. The van der Waals surface area contributed by atoms with E-state index >= 15 is 0 Å². The van der Waals surface area contributed by atoms with Gasteiger partial charge < -0.3 is 20.5 Å². The number of hydrogen-bond donors (Lipinski definition) is 3. The minimum absolute atomic E-state index is 0.142. The minimum atomic E-state index is 0.142. The molecule has 0 amide bonds. The Balaban J connectivity index is 2.65. The molecule has 0 radical (unpaired) electrons. The number of rotatable bonds is 8. The number of hydrogen-bond acceptors (Lipinski definition) is 3. The van der Waals surface area contributed by atoms with Gasteiger partial charge in [0.25, 0.3) is 0 Å². The Morgan fingerprint density at radius 3 is 2.57 bits per heavy atom. The molecule has 5 heteroatoms. The molecular formula is C18H31N3O2. The van der Waals surface area contributed by atoms with Gasteiger partial charge >= 0.3 is 0 Å². The predicted molar refractivity (Wildman–Crippen MR) is 96.1 cm³/mol. The first-order chi connectivity index (χ1) is 11.0. The quantitative estimate of drug-likeness (QED) is 0.508. The standard InChI is InChI=1S/C18H31N3O2/c1-6-19-18(21-14(4)8-7-13(2)3)20-12-15-9-10-17(23-5)16(22)11-15/h9-11,13-14,22H,6-8,12H2,1-5H3,(H2,19,20,21). The fourth-order valence-corrected chi connectivity index (χ4v) is 2.21. The van der Waals surface area contributed by atoms with Crippen LogP contribution in [0, 0.1) is 5.92 Å². The minimum Gasteiger partial charge on any atom is -0.504 e. The number of phenols is 1. The van der Waals surface area contributed by atoms with Gasteiger partial charge in [-0.3, -0.25) is 0 Å². The predicted octanol–water partition coefficient (Wildman–Crippen LogP) is 3.28. The average Bonchev–Trinajstić information content (AvgIpc) is 2.51. The van der Waals surface area contributed by atoms with Gasteiger partial charge in [0.05, 0.1) is 13.7 Å². The van der Waals surface area contributed by atoms with Crippen LogP contribution in [0.25, 0.3) is 0 Å². The maximum atomic E-state index is 9.82. The first-order valence-electron chi connectivity index (χ1n) is 8.37. The van der Waals surface area contributed by atoms with Crippen LogP contribution < -0.4 is 15.4 Å². The molecule has 0 saturated heterocycles. The summed E-state index contributed by atoms with van der Waals surface area (Å²) in [6.07, 6.45) is 2.31. The summed E-state index contributed by atoms with van der Waals surface area (Å²) in [6, 6.07) is 5.73. The Labute approximate surface area is 140 Å². The Bertz CT molecular complexity index is 501. The number of benzene rings is 1. The normalized spacial score (nSPS) is 13.0. The second kappa shape index (κ2) is 9.98. The van der Waals surface area contributed by atoms with Crippen molar-refractivity contribution in [3.63, 3.8) is 0 Å². The molecule has 0 heterocycles. The molecule has 23 heavy (non-hydrogen) atoms. The monoisotopic (exact) mass is 321 g/mol. The van der Waals surface area contributed by atoms with Gasteiger partial charge in [-0.05, 0) is 50.3 Å². The van der Waals surface area contributed by atoms with Crippen molar-refractivity contribution in [2.24, 2.45) is 10.9 Å². The number of nitrogens with zero attached hydrogens (tertiary/aromatic N) is 1. The third kappa shape index (κ3) is 7.26. The van der Waals surface area contributed by atoms with E-state index in [-0.39, 0.29) is 5.75 Å². The highest BCUT2D eigenvalue weighted by Crippen LogP contribution is 2.26. The number of nitrogens with one attached hydrogen (secondary N) is 2. The molecule has 0 bridgehead atoms. The van der Waals surface area contributed by atoms with Crippen molar-refractivity contribution in [2.45, 2.75) is 53.1 Å². The van der Waals surface area contributed by atoms with Gasteiger partial charge in [0, 0.05) is 12.6 Å².